The maximum atomic E-state index is 9.32. The van der Waals surface area contributed by atoms with E-state index in [0.717, 1.165) is 26.1 Å². The molecular weight excluding hydrogens is 130 g/mol. The second-order valence-electron chi connectivity index (χ2n) is 3.22. The van der Waals surface area contributed by atoms with Crippen LogP contribution in [0.3, 0.4) is 0 Å². The molecule has 2 heterocycles. The lowest BCUT2D eigenvalue weighted by molar-refractivity contribution is -0.0193. The molecule has 0 aromatic heterocycles. The summed E-state index contributed by atoms with van der Waals surface area (Å²) in [7, 11) is 0. The van der Waals surface area contributed by atoms with Crippen LogP contribution in [-0.2, 0) is 4.74 Å². The van der Waals surface area contributed by atoms with Crippen molar-refractivity contribution in [2.24, 2.45) is 0 Å². The Kier molecular flexibility index (Phi) is 1.64. The first-order chi connectivity index (χ1) is 4.84. The summed E-state index contributed by atoms with van der Waals surface area (Å²) in [5.41, 5.74) is 0. The average molecular weight is 143 g/mol. The van der Waals surface area contributed by atoms with Crippen LogP contribution in [0.15, 0.2) is 0 Å². The molecule has 3 heteroatoms. The Labute approximate surface area is 60.4 Å². The van der Waals surface area contributed by atoms with Crippen LogP contribution in [0.1, 0.15) is 12.8 Å². The fourth-order valence-electron chi connectivity index (χ4n) is 1.81. The number of ether oxygens (including phenoxy) is 1. The Morgan fingerprint density at radius 1 is 1.20 bits per heavy atom. The fraction of sp³-hybridized carbons (Fsp3) is 1.00. The van der Waals surface area contributed by atoms with E-state index in [1.54, 1.807) is 0 Å². The molecule has 58 valence electrons. The SMILES string of the molecule is O[C@H]1C[C@H]2COC[C@@H](C1)N2. The molecule has 3 atom stereocenters. The van der Waals surface area contributed by atoms with Gasteiger partial charge in [0.05, 0.1) is 19.3 Å². The number of rotatable bonds is 0. The van der Waals surface area contributed by atoms with Crippen LogP contribution in [0.5, 0.6) is 0 Å². The van der Waals surface area contributed by atoms with Gasteiger partial charge in [0.15, 0.2) is 0 Å². The summed E-state index contributed by atoms with van der Waals surface area (Å²) in [6.45, 7) is 1.54. The lowest BCUT2D eigenvalue weighted by atomic mass is 9.95. The van der Waals surface area contributed by atoms with Gasteiger partial charge in [-0.05, 0) is 12.8 Å². The van der Waals surface area contributed by atoms with Gasteiger partial charge in [-0.3, -0.25) is 0 Å². The van der Waals surface area contributed by atoms with Crippen molar-refractivity contribution in [2.75, 3.05) is 13.2 Å². The largest absolute Gasteiger partial charge is 0.393 e. The Hall–Kier alpha value is -0.120. The predicted octanol–water partition coefficient (Wildman–Crippen LogP) is -0.502. The van der Waals surface area contributed by atoms with E-state index in [0.29, 0.717) is 12.1 Å². The lowest BCUT2D eigenvalue weighted by Gasteiger charge is -2.38. The summed E-state index contributed by atoms with van der Waals surface area (Å²) < 4.78 is 5.31. The van der Waals surface area contributed by atoms with Crippen molar-refractivity contribution in [3.8, 4) is 0 Å². The number of hydrogen-bond donors (Lipinski definition) is 2. The highest BCUT2D eigenvalue weighted by molar-refractivity contribution is 4.87. The first-order valence-corrected chi connectivity index (χ1v) is 3.86. The average Bonchev–Trinajstić information content (AvgIpc) is 1.85. The van der Waals surface area contributed by atoms with Crippen LogP contribution in [0.25, 0.3) is 0 Å². The standard InChI is InChI=1S/C7H13NO2/c9-7-1-5-3-10-4-6(2-7)8-5/h5-9H,1-4H2/t5-,6+,7-. The molecule has 0 saturated carbocycles. The van der Waals surface area contributed by atoms with Crippen LogP contribution < -0.4 is 5.32 Å². The fourth-order valence-corrected chi connectivity index (χ4v) is 1.81. The highest BCUT2D eigenvalue weighted by Gasteiger charge is 2.30. The number of aliphatic hydroxyl groups excluding tert-OH is 1. The van der Waals surface area contributed by atoms with Crippen molar-refractivity contribution in [1.82, 2.24) is 5.32 Å². The number of fused-ring (bicyclic) bond motifs is 2. The molecule has 2 N–H and O–H groups in total. The molecule has 0 aliphatic carbocycles. The molecule has 2 aliphatic rings. The first-order valence-electron chi connectivity index (χ1n) is 3.86. The number of hydrogen-bond acceptors (Lipinski definition) is 3. The van der Waals surface area contributed by atoms with Gasteiger partial charge in [-0.1, -0.05) is 0 Å². The predicted molar refractivity (Wildman–Crippen MR) is 36.8 cm³/mol. The minimum Gasteiger partial charge on any atom is -0.393 e. The molecule has 0 aromatic carbocycles. The van der Waals surface area contributed by atoms with Gasteiger partial charge in [0.1, 0.15) is 0 Å². The summed E-state index contributed by atoms with van der Waals surface area (Å²) >= 11 is 0. The van der Waals surface area contributed by atoms with E-state index >= 15 is 0 Å². The zero-order valence-corrected chi connectivity index (χ0v) is 5.92. The number of aliphatic hydroxyl groups is 1. The molecule has 10 heavy (non-hydrogen) atoms. The van der Waals surface area contributed by atoms with Crippen molar-refractivity contribution >= 4 is 0 Å². The van der Waals surface area contributed by atoms with E-state index in [1.165, 1.54) is 0 Å². The zero-order chi connectivity index (χ0) is 6.97. The number of nitrogens with one attached hydrogen (secondary N) is 1. The number of piperidine rings is 1. The summed E-state index contributed by atoms with van der Waals surface area (Å²) in [6.07, 6.45) is 1.62. The summed E-state index contributed by atoms with van der Waals surface area (Å²) in [5, 5.41) is 12.7. The molecule has 2 saturated heterocycles. The van der Waals surface area contributed by atoms with Gasteiger partial charge >= 0.3 is 0 Å². The van der Waals surface area contributed by atoms with Gasteiger partial charge in [0.2, 0.25) is 0 Å². The van der Waals surface area contributed by atoms with Gasteiger partial charge in [0.25, 0.3) is 0 Å². The zero-order valence-electron chi connectivity index (χ0n) is 5.92. The van der Waals surface area contributed by atoms with E-state index in [2.05, 4.69) is 5.32 Å². The van der Waals surface area contributed by atoms with Gasteiger partial charge in [-0.2, -0.15) is 0 Å². The van der Waals surface area contributed by atoms with Gasteiger partial charge in [0, 0.05) is 12.1 Å². The van der Waals surface area contributed by atoms with Crippen molar-refractivity contribution in [3.05, 3.63) is 0 Å². The molecule has 0 aromatic rings. The van der Waals surface area contributed by atoms with Gasteiger partial charge in [-0.25, -0.2) is 0 Å². The normalized spacial score (nSPS) is 47.1. The van der Waals surface area contributed by atoms with Crippen LogP contribution in [-0.4, -0.2) is 36.5 Å². The molecule has 2 aliphatic heterocycles. The molecule has 2 fully saturated rings. The van der Waals surface area contributed by atoms with Crippen LogP contribution in [0.2, 0.25) is 0 Å². The first kappa shape index (κ1) is 6.58. The minimum absolute atomic E-state index is 0.0971. The summed E-state index contributed by atoms with van der Waals surface area (Å²) in [6, 6.07) is 0.810. The summed E-state index contributed by atoms with van der Waals surface area (Å²) in [4.78, 5) is 0. The van der Waals surface area contributed by atoms with Crippen molar-refractivity contribution in [3.63, 3.8) is 0 Å². The Morgan fingerprint density at radius 3 is 2.40 bits per heavy atom. The third-order valence-electron chi connectivity index (χ3n) is 2.22. The monoisotopic (exact) mass is 143 g/mol. The van der Waals surface area contributed by atoms with Crippen molar-refractivity contribution < 1.29 is 9.84 Å². The maximum absolute atomic E-state index is 9.32. The molecule has 0 radical (unpaired) electrons. The minimum atomic E-state index is -0.0971. The molecule has 0 amide bonds. The molecular formula is C7H13NO2. The molecule has 3 nitrogen and oxygen atoms in total. The number of morpholine rings is 1. The summed E-state index contributed by atoms with van der Waals surface area (Å²) in [5.74, 6) is 0. The van der Waals surface area contributed by atoms with E-state index in [4.69, 9.17) is 4.74 Å². The second kappa shape index (κ2) is 2.49. The van der Waals surface area contributed by atoms with Crippen molar-refractivity contribution in [1.29, 1.82) is 0 Å². The molecule has 0 spiro atoms. The molecule has 0 unspecified atom stereocenters. The van der Waals surface area contributed by atoms with E-state index < -0.39 is 0 Å². The Balaban J connectivity index is 1.98. The van der Waals surface area contributed by atoms with E-state index in [9.17, 15) is 5.11 Å². The topological polar surface area (TPSA) is 41.5 Å². The van der Waals surface area contributed by atoms with Crippen LogP contribution in [0.4, 0.5) is 0 Å². The highest BCUT2D eigenvalue weighted by Crippen LogP contribution is 2.17. The molecule has 2 bridgehead atoms. The van der Waals surface area contributed by atoms with Crippen LogP contribution >= 0.6 is 0 Å². The van der Waals surface area contributed by atoms with E-state index in [-0.39, 0.29) is 6.10 Å². The second-order valence-corrected chi connectivity index (χ2v) is 3.22. The maximum Gasteiger partial charge on any atom is 0.0621 e. The third kappa shape index (κ3) is 1.17. The van der Waals surface area contributed by atoms with Crippen LogP contribution in [0, 0.1) is 0 Å². The highest BCUT2D eigenvalue weighted by atomic mass is 16.5. The van der Waals surface area contributed by atoms with Crippen molar-refractivity contribution in [2.45, 2.75) is 31.0 Å². The van der Waals surface area contributed by atoms with E-state index in [1.807, 2.05) is 0 Å². The Bertz CT molecular complexity index is 113. The van der Waals surface area contributed by atoms with Gasteiger partial charge < -0.3 is 15.2 Å². The lowest BCUT2D eigenvalue weighted by Crippen LogP contribution is -2.55. The van der Waals surface area contributed by atoms with Gasteiger partial charge in [-0.15, -0.1) is 0 Å². The smallest absolute Gasteiger partial charge is 0.0621 e. The third-order valence-corrected chi connectivity index (χ3v) is 2.22. The quantitative estimate of drug-likeness (QED) is 0.480. The Morgan fingerprint density at radius 2 is 1.80 bits per heavy atom. The molecule has 2 rings (SSSR count).